The Morgan fingerprint density at radius 1 is 1.47 bits per heavy atom. The van der Waals surface area contributed by atoms with Crippen LogP contribution in [0, 0.1) is 0 Å². The number of halogens is 1. The fourth-order valence-corrected chi connectivity index (χ4v) is 2.04. The Bertz CT molecular complexity index is 511. The van der Waals surface area contributed by atoms with Crippen LogP contribution in [0.25, 0.3) is 0 Å². The average molecular weight is 280 g/mol. The number of nitrogens with two attached hydrogens (primary N) is 1. The van der Waals surface area contributed by atoms with Gasteiger partial charge in [0.2, 0.25) is 0 Å². The lowest BCUT2D eigenvalue weighted by Crippen LogP contribution is -2.09. The van der Waals surface area contributed by atoms with E-state index in [4.69, 9.17) is 22.1 Å². The largest absolute Gasteiger partial charge is 0.493 e. The molecule has 0 unspecified atom stereocenters. The molecule has 1 atom stereocenters. The van der Waals surface area contributed by atoms with E-state index in [1.807, 2.05) is 35.9 Å². The summed E-state index contributed by atoms with van der Waals surface area (Å²) in [6.45, 7) is 3.45. The number of aryl methyl sites for hydroxylation is 1. The van der Waals surface area contributed by atoms with Crippen LogP contribution < -0.4 is 10.5 Å². The quantitative estimate of drug-likeness (QED) is 0.827. The molecule has 0 saturated heterocycles. The van der Waals surface area contributed by atoms with Crippen LogP contribution >= 0.6 is 11.6 Å². The smallest absolute Gasteiger partial charge is 0.124 e. The molecule has 1 aromatic carbocycles. The predicted octanol–water partition coefficient (Wildman–Crippen LogP) is 3.03. The highest BCUT2D eigenvalue weighted by Gasteiger charge is 2.08. The summed E-state index contributed by atoms with van der Waals surface area (Å²) in [5.41, 5.74) is 6.85. The van der Waals surface area contributed by atoms with Crippen molar-refractivity contribution in [2.24, 2.45) is 5.73 Å². The zero-order chi connectivity index (χ0) is 13.7. The summed E-state index contributed by atoms with van der Waals surface area (Å²) in [6, 6.07) is 5.45. The molecule has 4 nitrogen and oxygen atoms in total. The van der Waals surface area contributed by atoms with Crippen LogP contribution in [-0.4, -0.2) is 16.2 Å². The molecule has 0 bridgehead atoms. The van der Waals surface area contributed by atoms with Crippen molar-refractivity contribution in [3.63, 3.8) is 0 Å². The molecule has 1 heterocycles. The maximum atomic E-state index is 5.97. The molecule has 2 rings (SSSR count). The molecular formula is C14H18ClN3O. The van der Waals surface area contributed by atoms with Gasteiger partial charge in [0, 0.05) is 35.6 Å². The van der Waals surface area contributed by atoms with Crippen LogP contribution in [0.1, 0.15) is 24.9 Å². The highest BCUT2D eigenvalue weighted by molar-refractivity contribution is 6.30. The topological polar surface area (TPSA) is 53.1 Å². The first-order chi connectivity index (χ1) is 9.16. The van der Waals surface area contributed by atoms with Crippen molar-refractivity contribution in [3.05, 3.63) is 47.5 Å². The van der Waals surface area contributed by atoms with E-state index < -0.39 is 0 Å². The van der Waals surface area contributed by atoms with Crippen molar-refractivity contribution in [3.8, 4) is 5.75 Å². The Balaban J connectivity index is 1.88. The van der Waals surface area contributed by atoms with Crippen molar-refractivity contribution in [1.82, 2.24) is 9.55 Å². The van der Waals surface area contributed by atoms with Gasteiger partial charge in [-0.25, -0.2) is 4.98 Å². The van der Waals surface area contributed by atoms with Crippen molar-refractivity contribution in [1.29, 1.82) is 0 Å². The van der Waals surface area contributed by atoms with Gasteiger partial charge in [0.1, 0.15) is 5.75 Å². The molecule has 0 amide bonds. The fourth-order valence-electron chi connectivity index (χ4n) is 1.85. The van der Waals surface area contributed by atoms with Gasteiger partial charge in [-0.15, -0.1) is 0 Å². The maximum absolute atomic E-state index is 5.97. The van der Waals surface area contributed by atoms with E-state index in [0.717, 1.165) is 24.3 Å². The number of hydrogen-bond donors (Lipinski definition) is 1. The monoisotopic (exact) mass is 279 g/mol. The van der Waals surface area contributed by atoms with Crippen LogP contribution in [0.3, 0.4) is 0 Å². The Kier molecular flexibility index (Phi) is 4.82. The molecule has 5 heteroatoms. The molecule has 0 radical (unpaired) electrons. The van der Waals surface area contributed by atoms with Crippen LogP contribution in [-0.2, 0) is 6.54 Å². The van der Waals surface area contributed by atoms with E-state index in [0.29, 0.717) is 11.6 Å². The zero-order valence-electron chi connectivity index (χ0n) is 10.9. The van der Waals surface area contributed by atoms with E-state index in [1.165, 1.54) is 0 Å². The lowest BCUT2D eigenvalue weighted by atomic mass is 10.1. The Labute approximate surface area is 118 Å². The third kappa shape index (κ3) is 3.98. The molecule has 0 saturated carbocycles. The van der Waals surface area contributed by atoms with Crippen LogP contribution in [0.5, 0.6) is 5.75 Å². The van der Waals surface area contributed by atoms with E-state index in [-0.39, 0.29) is 6.04 Å². The summed E-state index contributed by atoms with van der Waals surface area (Å²) in [5.74, 6) is 0.810. The van der Waals surface area contributed by atoms with Gasteiger partial charge in [-0.1, -0.05) is 11.6 Å². The lowest BCUT2D eigenvalue weighted by Gasteiger charge is -2.14. The Morgan fingerprint density at radius 3 is 3.00 bits per heavy atom. The molecule has 0 spiro atoms. The molecule has 0 aliphatic rings. The lowest BCUT2D eigenvalue weighted by molar-refractivity contribution is 0.297. The molecule has 2 N–H and O–H groups in total. The highest BCUT2D eigenvalue weighted by Crippen LogP contribution is 2.27. The number of ether oxygens (including phenoxy) is 1. The van der Waals surface area contributed by atoms with E-state index in [9.17, 15) is 0 Å². The molecule has 0 aliphatic heterocycles. The molecule has 0 fully saturated rings. The van der Waals surface area contributed by atoms with E-state index >= 15 is 0 Å². The second kappa shape index (κ2) is 6.59. The molecular weight excluding hydrogens is 262 g/mol. The third-order valence-corrected chi connectivity index (χ3v) is 3.07. The number of benzene rings is 1. The van der Waals surface area contributed by atoms with E-state index in [1.54, 1.807) is 12.5 Å². The molecule has 102 valence electrons. The summed E-state index contributed by atoms with van der Waals surface area (Å²) >= 11 is 5.97. The van der Waals surface area contributed by atoms with Gasteiger partial charge in [0.25, 0.3) is 0 Å². The van der Waals surface area contributed by atoms with Gasteiger partial charge >= 0.3 is 0 Å². The standard InChI is InChI=1S/C14H18ClN3O/c1-11(16)13-9-12(15)3-4-14(13)19-8-2-6-18-7-5-17-10-18/h3-5,7,9-11H,2,6,8,16H2,1H3/t11-/m1/s1. The first-order valence-corrected chi connectivity index (χ1v) is 6.68. The number of aromatic nitrogens is 2. The first kappa shape index (κ1) is 13.9. The average Bonchev–Trinajstić information content (AvgIpc) is 2.89. The van der Waals surface area contributed by atoms with Crippen LogP contribution in [0.15, 0.2) is 36.9 Å². The second-order valence-corrected chi connectivity index (χ2v) is 4.91. The van der Waals surface area contributed by atoms with Crippen molar-refractivity contribution in [2.45, 2.75) is 25.9 Å². The van der Waals surface area contributed by atoms with Gasteiger partial charge in [-0.2, -0.15) is 0 Å². The third-order valence-electron chi connectivity index (χ3n) is 2.84. The summed E-state index contributed by atoms with van der Waals surface area (Å²) < 4.78 is 7.80. The van der Waals surface area contributed by atoms with Crippen molar-refractivity contribution < 1.29 is 4.74 Å². The molecule has 0 aliphatic carbocycles. The number of nitrogens with zero attached hydrogens (tertiary/aromatic N) is 2. The van der Waals surface area contributed by atoms with Crippen molar-refractivity contribution in [2.75, 3.05) is 6.61 Å². The van der Waals surface area contributed by atoms with Crippen LogP contribution in [0.2, 0.25) is 5.02 Å². The van der Waals surface area contributed by atoms with Gasteiger partial charge in [0.15, 0.2) is 0 Å². The first-order valence-electron chi connectivity index (χ1n) is 6.30. The number of imidazole rings is 1. The van der Waals surface area contributed by atoms with Gasteiger partial charge in [-0.05, 0) is 31.5 Å². The Morgan fingerprint density at radius 2 is 2.32 bits per heavy atom. The normalized spacial score (nSPS) is 12.4. The van der Waals surface area contributed by atoms with Crippen molar-refractivity contribution >= 4 is 11.6 Å². The van der Waals surface area contributed by atoms with Gasteiger partial charge < -0.3 is 15.0 Å². The number of hydrogen-bond acceptors (Lipinski definition) is 3. The minimum Gasteiger partial charge on any atom is -0.493 e. The van der Waals surface area contributed by atoms with Gasteiger partial charge in [-0.3, -0.25) is 0 Å². The molecule has 2 aromatic rings. The number of rotatable bonds is 6. The van der Waals surface area contributed by atoms with Gasteiger partial charge in [0.05, 0.1) is 12.9 Å². The highest BCUT2D eigenvalue weighted by atomic mass is 35.5. The summed E-state index contributed by atoms with van der Waals surface area (Å²) in [6.07, 6.45) is 6.43. The van der Waals surface area contributed by atoms with E-state index in [2.05, 4.69) is 4.98 Å². The summed E-state index contributed by atoms with van der Waals surface area (Å²) in [7, 11) is 0. The predicted molar refractivity (Wildman–Crippen MR) is 76.4 cm³/mol. The maximum Gasteiger partial charge on any atom is 0.124 e. The zero-order valence-corrected chi connectivity index (χ0v) is 11.7. The summed E-state index contributed by atoms with van der Waals surface area (Å²) in [4.78, 5) is 4.00. The SMILES string of the molecule is C[C@@H](N)c1cc(Cl)ccc1OCCCn1ccnc1. The minimum absolute atomic E-state index is 0.0950. The second-order valence-electron chi connectivity index (χ2n) is 4.47. The molecule has 19 heavy (non-hydrogen) atoms. The van der Waals surface area contributed by atoms with Crippen LogP contribution in [0.4, 0.5) is 0 Å². The fraction of sp³-hybridized carbons (Fsp3) is 0.357. The minimum atomic E-state index is -0.0950. The molecule has 1 aromatic heterocycles. The Hall–Kier alpha value is -1.52. The summed E-state index contributed by atoms with van der Waals surface area (Å²) in [5, 5.41) is 0.679.